The summed E-state index contributed by atoms with van der Waals surface area (Å²) in [4.78, 5) is 12.9. The summed E-state index contributed by atoms with van der Waals surface area (Å²) < 4.78 is 58.1. The van der Waals surface area contributed by atoms with Gasteiger partial charge in [-0.3, -0.25) is 0 Å². The monoisotopic (exact) mass is 454 g/mol. The van der Waals surface area contributed by atoms with Gasteiger partial charge in [-0.15, -0.1) is 0 Å². The van der Waals surface area contributed by atoms with Gasteiger partial charge in [0.05, 0.1) is 11.7 Å². The molecule has 2 aliphatic heterocycles. The van der Waals surface area contributed by atoms with Crippen LogP contribution in [-0.4, -0.2) is 47.5 Å². The van der Waals surface area contributed by atoms with E-state index in [1.165, 1.54) is 6.92 Å². The Hall–Kier alpha value is -2.16. The van der Waals surface area contributed by atoms with Gasteiger partial charge in [0, 0.05) is 0 Å². The van der Waals surface area contributed by atoms with Gasteiger partial charge in [-0.05, 0) is 52.2 Å². The summed E-state index contributed by atoms with van der Waals surface area (Å²) in [6.07, 6.45) is -3.20. The average Bonchev–Trinajstić information content (AvgIpc) is 2.94. The van der Waals surface area contributed by atoms with Crippen LogP contribution in [0.25, 0.3) is 6.08 Å². The van der Waals surface area contributed by atoms with E-state index in [4.69, 9.17) is 14.2 Å². The highest BCUT2D eigenvalue weighted by atomic mass is 19.4. The lowest BCUT2D eigenvalue weighted by molar-refractivity contribution is -0.182. The molecule has 1 aromatic carbocycles. The minimum Gasteiger partial charge on any atom is -0.458 e. The number of carbonyl (C=O) groups is 1. The summed E-state index contributed by atoms with van der Waals surface area (Å²) in [5, 5.41) is 10.6. The SMILES string of the molecule is Cc1cc(C)c2c(c1)/C=C/C[C@@H]1OC(C)(C)OC1C(O)/C=C\C(C(F)(F)F)C(C)OC2=O. The highest BCUT2D eigenvalue weighted by Gasteiger charge is 2.46. The van der Waals surface area contributed by atoms with Crippen LogP contribution in [0.15, 0.2) is 30.4 Å². The van der Waals surface area contributed by atoms with Gasteiger partial charge < -0.3 is 19.3 Å². The van der Waals surface area contributed by atoms with E-state index in [9.17, 15) is 23.1 Å². The number of rotatable bonds is 0. The molecule has 1 saturated heterocycles. The van der Waals surface area contributed by atoms with Gasteiger partial charge in [0.1, 0.15) is 24.2 Å². The highest BCUT2D eigenvalue weighted by Crippen LogP contribution is 2.35. The largest absolute Gasteiger partial charge is 0.458 e. The first kappa shape index (κ1) is 24.5. The molecule has 176 valence electrons. The minimum absolute atomic E-state index is 0.223. The molecule has 0 amide bonds. The lowest BCUT2D eigenvalue weighted by atomic mass is 9.96. The van der Waals surface area contributed by atoms with Crippen molar-refractivity contribution in [2.75, 3.05) is 0 Å². The molecule has 0 saturated carbocycles. The van der Waals surface area contributed by atoms with Gasteiger partial charge >= 0.3 is 12.1 Å². The van der Waals surface area contributed by atoms with E-state index in [0.717, 1.165) is 17.7 Å². The molecule has 0 aliphatic carbocycles. The Bertz CT molecular complexity index is 919. The number of alkyl halides is 3. The lowest BCUT2D eigenvalue weighted by Crippen LogP contribution is -2.37. The molecule has 0 radical (unpaired) electrons. The number of benzene rings is 1. The maximum atomic E-state index is 13.7. The molecule has 32 heavy (non-hydrogen) atoms. The van der Waals surface area contributed by atoms with E-state index >= 15 is 0 Å². The summed E-state index contributed by atoms with van der Waals surface area (Å²) in [7, 11) is 0. The summed E-state index contributed by atoms with van der Waals surface area (Å²) in [6.45, 7) is 8.15. The molecule has 4 unspecified atom stereocenters. The summed E-state index contributed by atoms with van der Waals surface area (Å²) in [5.41, 5.74) is 2.29. The highest BCUT2D eigenvalue weighted by molar-refractivity contribution is 5.95. The predicted molar refractivity (Wildman–Crippen MR) is 113 cm³/mol. The van der Waals surface area contributed by atoms with E-state index in [1.807, 2.05) is 6.92 Å². The van der Waals surface area contributed by atoms with Gasteiger partial charge in [0.15, 0.2) is 5.79 Å². The first-order valence-electron chi connectivity index (χ1n) is 10.6. The molecule has 2 aliphatic rings. The molecule has 0 spiro atoms. The predicted octanol–water partition coefficient (Wildman–Crippen LogP) is 4.88. The fraction of sp³-hybridized carbons (Fsp3) is 0.542. The Morgan fingerprint density at radius 2 is 1.81 bits per heavy atom. The van der Waals surface area contributed by atoms with Crippen molar-refractivity contribution in [2.24, 2.45) is 5.92 Å². The molecule has 0 bridgehead atoms. The molecule has 1 aromatic rings. The van der Waals surface area contributed by atoms with Crippen LogP contribution >= 0.6 is 0 Å². The van der Waals surface area contributed by atoms with Crippen LogP contribution in [0.5, 0.6) is 0 Å². The van der Waals surface area contributed by atoms with E-state index in [0.29, 0.717) is 17.5 Å². The van der Waals surface area contributed by atoms with Crippen LogP contribution < -0.4 is 0 Å². The first-order valence-corrected chi connectivity index (χ1v) is 10.6. The average molecular weight is 454 g/mol. The van der Waals surface area contributed by atoms with Crippen molar-refractivity contribution in [3.8, 4) is 0 Å². The number of esters is 1. The molecule has 1 N–H and O–H groups in total. The van der Waals surface area contributed by atoms with Gasteiger partial charge in [-0.1, -0.05) is 42.0 Å². The van der Waals surface area contributed by atoms with Crippen molar-refractivity contribution in [3.05, 3.63) is 52.6 Å². The number of cyclic esters (lactones) is 1. The van der Waals surface area contributed by atoms with E-state index in [1.54, 1.807) is 45.1 Å². The number of aryl methyl sites for hydroxylation is 2. The second-order valence-electron chi connectivity index (χ2n) is 8.88. The summed E-state index contributed by atoms with van der Waals surface area (Å²) >= 11 is 0. The van der Waals surface area contributed by atoms with Crippen molar-refractivity contribution in [1.29, 1.82) is 0 Å². The zero-order valence-corrected chi connectivity index (χ0v) is 18.8. The van der Waals surface area contributed by atoms with Crippen LogP contribution in [0, 0.1) is 19.8 Å². The Balaban J connectivity index is 2.08. The third-order valence-corrected chi connectivity index (χ3v) is 5.63. The standard InChI is InChI=1S/C24H29F3O5/c1-13-11-14(2)20-16(12-13)7-6-8-19-21(32-23(4,5)31-19)18(28)10-9-17(24(25,26)27)15(3)30-22(20)29/h6-7,9-12,15,17-19,21,28H,8H2,1-5H3/b7-6+,10-9-/t15?,17?,18?,19-,21?/m0/s1. The minimum atomic E-state index is -4.68. The number of aliphatic hydroxyl groups is 1. The van der Waals surface area contributed by atoms with Crippen molar-refractivity contribution in [2.45, 2.75) is 77.4 Å². The number of hydrogen-bond acceptors (Lipinski definition) is 5. The van der Waals surface area contributed by atoms with Gasteiger partial charge in [0.25, 0.3) is 0 Å². The van der Waals surface area contributed by atoms with Crippen molar-refractivity contribution >= 4 is 12.0 Å². The molecular weight excluding hydrogens is 425 g/mol. The van der Waals surface area contributed by atoms with E-state index < -0.39 is 48.3 Å². The van der Waals surface area contributed by atoms with Gasteiger partial charge in [-0.2, -0.15) is 13.2 Å². The normalized spacial score (nSPS) is 32.9. The van der Waals surface area contributed by atoms with Crippen LogP contribution in [0.3, 0.4) is 0 Å². The quantitative estimate of drug-likeness (QED) is 0.447. The fourth-order valence-corrected chi connectivity index (χ4v) is 4.25. The third-order valence-electron chi connectivity index (χ3n) is 5.63. The number of ether oxygens (including phenoxy) is 3. The summed E-state index contributed by atoms with van der Waals surface area (Å²) in [6, 6.07) is 3.56. The molecule has 5 atom stereocenters. The third kappa shape index (κ3) is 5.42. The maximum Gasteiger partial charge on any atom is 0.398 e. The Morgan fingerprint density at radius 3 is 2.47 bits per heavy atom. The van der Waals surface area contributed by atoms with E-state index in [-0.39, 0.29) is 5.56 Å². The van der Waals surface area contributed by atoms with Gasteiger partial charge in [0.2, 0.25) is 0 Å². The van der Waals surface area contributed by atoms with E-state index in [2.05, 4.69) is 0 Å². The summed E-state index contributed by atoms with van der Waals surface area (Å²) in [5.74, 6) is -3.91. The number of aliphatic hydroxyl groups excluding tert-OH is 1. The van der Waals surface area contributed by atoms with Gasteiger partial charge in [-0.25, -0.2) is 4.79 Å². The second-order valence-corrected chi connectivity index (χ2v) is 8.88. The molecule has 1 fully saturated rings. The molecule has 5 nitrogen and oxygen atoms in total. The molecule has 0 aromatic heterocycles. The molecule has 2 heterocycles. The topological polar surface area (TPSA) is 65.0 Å². The van der Waals surface area contributed by atoms with Crippen molar-refractivity contribution in [3.63, 3.8) is 0 Å². The van der Waals surface area contributed by atoms with Crippen LogP contribution in [0.4, 0.5) is 13.2 Å². The Morgan fingerprint density at radius 1 is 1.12 bits per heavy atom. The second kappa shape index (κ2) is 9.00. The number of halogens is 3. The maximum absolute atomic E-state index is 13.7. The molecule has 3 rings (SSSR count). The Kier molecular flexibility index (Phi) is 6.88. The number of hydrogen-bond donors (Lipinski definition) is 1. The van der Waals surface area contributed by atoms with Crippen LogP contribution in [-0.2, 0) is 14.2 Å². The van der Waals surface area contributed by atoms with Crippen LogP contribution in [0.2, 0.25) is 0 Å². The van der Waals surface area contributed by atoms with Crippen molar-refractivity contribution < 1.29 is 37.3 Å². The molecule has 8 heteroatoms. The zero-order valence-electron chi connectivity index (χ0n) is 18.8. The fourth-order valence-electron chi connectivity index (χ4n) is 4.25. The lowest BCUT2D eigenvalue weighted by Gasteiger charge is -2.26. The zero-order chi connectivity index (χ0) is 23.8. The number of fused-ring (bicyclic) bond motifs is 2. The molecular formula is C24H29F3O5. The van der Waals surface area contributed by atoms with Crippen molar-refractivity contribution in [1.82, 2.24) is 0 Å². The van der Waals surface area contributed by atoms with Crippen LogP contribution in [0.1, 0.15) is 54.2 Å². The smallest absolute Gasteiger partial charge is 0.398 e. The number of carbonyl (C=O) groups excluding carboxylic acids is 1. The Labute approximate surface area is 185 Å². The first-order chi connectivity index (χ1) is 14.8.